The smallest absolute Gasteiger partial charge is 0.118 e. The molecule has 4 aromatic rings. The molecular weight excluding hydrogens is 950 g/mol. The van der Waals surface area contributed by atoms with Crippen LogP contribution in [0.1, 0.15) is 143 Å². The van der Waals surface area contributed by atoms with E-state index >= 15 is 0 Å². The van der Waals surface area contributed by atoms with Gasteiger partial charge in [0.2, 0.25) is 0 Å². The number of phenolic OH excluding ortho intramolecular Hbond substituents is 4. The van der Waals surface area contributed by atoms with E-state index in [1.807, 2.05) is 52.0 Å². The Kier molecular flexibility index (Phi) is 26.8. The van der Waals surface area contributed by atoms with Gasteiger partial charge in [-0.1, -0.05) is 63.8 Å². The predicted molar refractivity (Wildman–Crippen MR) is 286 cm³/mol. The molecule has 0 aliphatic carbocycles. The molecule has 16 heteroatoms. The van der Waals surface area contributed by atoms with E-state index in [1.54, 1.807) is 0 Å². The van der Waals surface area contributed by atoms with E-state index in [9.17, 15) is 20.4 Å². The van der Waals surface area contributed by atoms with Crippen LogP contribution in [0.25, 0.3) is 0 Å². The maximum atomic E-state index is 10.8. The van der Waals surface area contributed by atoms with Crippen LogP contribution in [0.3, 0.4) is 0 Å². The molecule has 16 N–H and O–H groups in total. The highest BCUT2D eigenvalue weighted by molar-refractivity contribution is 5.86. The molecule has 8 rings (SSSR count). The summed E-state index contributed by atoms with van der Waals surface area (Å²) < 4.78 is 0. The highest BCUT2D eigenvalue weighted by Gasteiger charge is 2.40. The molecule has 0 fully saturated rings. The van der Waals surface area contributed by atoms with Crippen LogP contribution in [0.4, 0.5) is 0 Å². The van der Waals surface area contributed by atoms with Gasteiger partial charge in [0.05, 0.1) is 0 Å². The second kappa shape index (κ2) is 28.1. The number of halogens is 4. The van der Waals surface area contributed by atoms with Crippen molar-refractivity contribution in [1.29, 1.82) is 0 Å². The van der Waals surface area contributed by atoms with Crippen molar-refractivity contribution in [3.05, 3.63) is 115 Å². The minimum atomic E-state index is 0. The van der Waals surface area contributed by atoms with Crippen molar-refractivity contribution in [2.45, 2.75) is 130 Å². The maximum Gasteiger partial charge on any atom is 0.118 e. The maximum absolute atomic E-state index is 10.8. The second-order valence-electron chi connectivity index (χ2n) is 19.0. The molecule has 6 unspecified atom stereocenters. The summed E-state index contributed by atoms with van der Waals surface area (Å²) in [7, 11) is 0. The van der Waals surface area contributed by atoms with Crippen molar-refractivity contribution in [3.8, 4) is 23.0 Å². The first-order chi connectivity index (χ1) is 28.9. The zero-order valence-corrected chi connectivity index (χ0v) is 43.8. The number of benzene rings is 4. The van der Waals surface area contributed by atoms with Crippen LogP contribution in [-0.4, -0.2) is 68.5 Å². The first kappa shape index (κ1) is 64.9. The fourth-order valence-corrected chi connectivity index (χ4v) is 11.6. The summed E-state index contributed by atoms with van der Waals surface area (Å²) in [4.78, 5) is 0. The Hall–Kier alpha value is -3.08. The topological polar surface area (TPSA) is 255 Å². The average Bonchev–Trinajstić information content (AvgIpc) is 3.23. The second-order valence-corrected chi connectivity index (χ2v) is 19.0. The van der Waals surface area contributed by atoms with Gasteiger partial charge in [0.1, 0.15) is 23.0 Å². The minimum Gasteiger partial charge on any atom is -0.508 e. The highest BCUT2D eigenvalue weighted by atomic mass is 35.5. The summed E-state index contributed by atoms with van der Waals surface area (Å²) in [5.74, 6) is 3.14. The summed E-state index contributed by atoms with van der Waals surface area (Å²) in [5, 5.41) is 59.0. The van der Waals surface area contributed by atoms with E-state index in [1.165, 1.54) is 44.5 Å². The van der Waals surface area contributed by atoms with Gasteiger partial charge in [-0.05, 0) is 207 Å². The highest BCUT2D eigenvalue weighted by Crippen LogP contribution is 2.48. The van der Waals surface area contributed by atoms with Crippen molar-refractivity contribution < 1.29 is 42.3 Å². The molecule has 386 valence electrons. The summed E-state index contributed by atoms with van der Waals surface area (Å²) in [6, 6.07) is 17.5. The van der Waals surface area contributed by atoms with Gasteiger partial charge >= 0.3 is 0 Å². The first-order valence-electron chi connectivity index (χ1n) is 23.2. The Labute approximate surface area is 429 Å². The molecule has 0 saturated heterocycles. The van der Waals surface area contributed by atoms with Crippen LogP contribution in [0, 0.1) is 51.4 Å². The van der Waals surface area contributed by atoms with Crippen LogP contribution >= 0.6 is 49.6 Å². The molecule has 4 aliphatic heterocycles. The molecule has 0 saturated carbocycles. The normalized spacial score (nSPS) is 20.4. The quantitative estimate of drug-likeness (QED) is 0.0654. The van der Waals surface area contributed by atoms with E-state index in [0.717, 1.165) is 113 Å². The van der Waals surface area contributed by atoms with Gasteiger partial charge in [0.15, 0.2) is 0 Å². The number of nitrogens with one attached hydrogen (secondary N) is 4. The van der Waals surface area contributed by atoms with E-state index in [-0.39, 0.29) is 108 Å². The monoisotopic (exact) mass is 1030 g/mol. The van der Waals surface area contributed by atoms with E-state index in [4.69, 9.17) is 0 Å². The number of aryl methyl sites for hydroxylation is 4. The lowest BCUT2D eigenvalue weighted by atomic mass is 9.71. The number of rotatable bonds is 13. The van der Waals surface area contributed by atoms with Gasteiger partial charge in [-0.15, -0.1) is 49.6 Å². The number of fused-ring (bicyclic) bond motifs is 4. The Morgan fingerprint density at radius 1 is 0.412 bits per heavy atom. The average molecular weight is 1030 g/mol. The molecule has 0 bridgehead atoms. The van der Waals surface area contributed by atoms with Crippen molar-refractivity contribution in [3.63, 3.8) is 0 Å². The van der Waals surface area contributed by atoms with Gasteiger partial charge in [-0.2, -0.15) is 0 Å². The zero-order chi connectivity index (χ0) is 42.2. The van der Waals surface area contributed by atoms with Crippen molar-refractivity contribution in [1.82, 2.24) is 21.3 Å². The third kappa shape index (κ3) is 13.5. The Balaban J connectivity index is 0.00000561. The lowest BCUT2D eigenvalue weighted by Crippen LogP contribution is -2.44. The Morgan fingerprint density at radius 2 is 0.632 bits per heavy atom. The zero-order valence-electron chi connectivity index (χ0n) is 40.6. The van der Waals surface area contributed by atoms with E-state index in [2.05, 4.69) is 59.4 Å². The third-order valence-corrected chi connectivity index (χ3v) is 15.3. The van der Waals surface area contributed by atoms with E-state index < -0.39 is 0 Å². The summed E-state index contributed by atoms with van der Waals surface area (Å²) in [6.07, 6.45) is 10.3. The van der Waals surface area contributed by atoms with Gasteiger partial charge in [0.25, 0.3) is 0 Å². The first-order valence-corrected chi connectivity index (χ1v) is 23.2. The SMILES string of the molecule is CCC(CCC(CC)CC(C1NCCc2cc(O)c(C)cc21)C1NCCc2cc(O)c(C)cc21)CC(C1NCCc2cc(O)c(C)cc21)C1NCCc2cc(O)c(C)cc21.Cl.Cl.Cl.Cl.O.O.O.O. The Morgan fingerprint density at radius 3 is 0.838 bits per heavy atom. The fourth-order valence-electron chi connectivity index (χ4n) is 11.6. The third-order valence-electron chi connectivity index (χ3n) is 15.3. The van der Waals surface area contributed by atoms with Gasteiger partial charge in [-0.25, -0.2) is 0 Å². The molecular formula is C52H82Cl4N4O8. The van der Waals surface area contributed by atoms with Crippen molar-refractivity contribution >= 4 is 49.6 Å². The molecule has 4 aromatic carbocycles. The molecule has 4 heterocycles. The number of hydrogen-bond acceptors (Lipinski definition) is 8. The Bertz CT molecular complexity index is 1930. The number of hydrogen-bond donors (Lipinski definition) is 8. The molecule has 6 atom stereocenters. The summed E-state index contributed by atoms with van der Waals surface area (Å²) in [5.41, 5.74) is 14.0. The van der Waals surface area contributed by atoms with Crippen LogP contribution in [0.15, 0.2) is 48.5 Å². The minimum absolute atomic E-state index is 0. The van der Waals surface area contributed by atoms with Gasteiger partial charge in [-0.3, -0.25) is 0 Å². The molecule has 68 heavy (non-hydrogen) atoms. The lowest BCUT2D eigenvalue weighted by molar-refractivity contribution is 0.182. The van der Waals surface area contributed by atoms with Crippen molar-refractivity contribution in [2.75, 3.05) is 26.2 Å². The van der Waals surface area contributed by atoms with E-state index in [0.29, 0.717) is 34.8 Å². The molecule has 0 radical (unpaired) electrons. The molecule has 0 spiro atoms. The van der Waals surface area contributed by atoms with Crippen LogP contribution in [-0.2, 0) is 25.7 Å². The van der Waals surface area contributed by atoms with Crippen LogP contribution in [0.2, 0.25) is 0 Å². The molecule has 4 aliphatic rings. The largest absolute Gasteiger partial charge is 0.508 e. The summed E-state index contributed by atoms with van der Waals surface area (Å²) in [6.45, 7) is 16.4. The molecule has 0 amide bonds. The fraction of sp³-hybridized carbons (Fsp3) is 0.538. The standard InChI is InChI=1S/C52H70N4O4.4ClH.4H2O/c1-7-33(23-43(49-39-19-29(3)45(57)25-35(39)11-15-53-49)50-40-20-30(4)46(58)26-36(40)12-16-54-50)9-10-34(8-2)24-44(51-41-21-31(5)47(59)27-37(41)13-17-55-51)52-42-22-32(6)48(60)28-38(42)14-18-56-52;;;;;;;;/h19-22,25-28,33-34,43-44,49-60H,7-18,23-24H2,1-6H3;4*1H;4*1H2. The predicted octanol–water partition coefficient (Wildman–Crippen LogP) is 7.82. The lowest BCUT2D eigenvalue weighted by Gasteiger charge is -2.43. The van der Waals surface area contributed by atoms with Gasteiger partial charge in [0, 0.05) is 24.2 Å². The number of phenols is 4. The molecule has 0 aromatic heterocycles. The summed E-state index contributed by atoms with van der Waals surface area (Å²) >= 11 is 0. The van der Waals surface area contributed by atoms with Gasteiger partial charge < -0.3 is 63.6 Å². The van der Waals surface area contributed by atoms with Crippen molar-refractivity contribution in [2.24, 2.45) is 23.7 Å². The van der Waals surface area contributed by atoms with Crippen LogP contribution in [0.5, 0.6) is 23.0 Å². The molecule has 12 nitrogen and oxygen atoms in total. The van der Waals surface area contributed by atoms with Crippen LogP contribution < -0.4 is 21.3 Å². The number of aromatic hydroxyl groups is 4.